The first-order valence-corrected chi connectivity index (χ1v) is 9.81. The second kappa shape index (κ2) is 7.83. The summed E-state index contributed by atoms with van der Waals surface area (Å²) in [7, 11) is 0. The maximum atomic E-state index is 12.5. The second-order valence-electron chi connectivity index (χ2n) is 6.42. The summed E-state index contributed by atoms with van der Waals surface area (Å²) in [6, 6.07) is 14.5. The van der Waals surface area contributed by atoms with E-state index in [2.05, 4.69) is 42.3 Å². The maximum Gasteiger partial charge on any atom is 0.321 e. The summed E-state index contributed by atoms with van der Waals surface area (Å²) in [5.74, 6) is 0. The molecule has 132 valence electrons. The van der Waals surface area contributed by atoms with Crippen LogP contribution in [0.25, 0.3) is 0 Å². The average Bonchev–Trinajstić information content (AvgIpc) is 2.64. The molecular formula is C20H25N3OS. The standard InChI is InChI=1S/C20H25N3OS/c1-15-4-5-16(2)19(14-15)22-10-12-23(13-11-22)20(24)21-17-6-8-18(25-3)9-7-17/h4-9,14H,10-13H2,1-3H3,(H,21,24). The quantitative estimate of drug-likeness (QED) is 0.830. The monoisotopic (exact) mass is 355 g/mol. The molecule has 0 aliphatic carbocycles. The van der Waals surface area contributed by atoms with Crippen LogP contribution in [0.1, 0.15) is 11.1 Å². The van der Waals surface area contributed by atoms with Gasteiger partial charge >= 0.3 is 6.03 Å². The van der Waals surface area contributed by atoms with Crippen molar-refractivity contribution in [3.63, 3.8) is 0 Å². The van der Waals surface area contributed by atoms with Crippen molar-refractivity contribution in [2.75, 3.05) is 42.7 Å². The highest BCUT2D eigenvalue weighted by molar-refractivity contribution is 7.98. The number of hydrogen-bond donors (Lipinski definition) is 1. The lowest BCUT2D eigenvalue weighted by Crippen LogP contribution is -2.50. The van der Waals surface area contributed by atoms with E-state index < -0.39 is 0 Å². The molecule has 0 spiro atoms. The molecule has 0 radical (unpaired) electrons. The van der Waals surface area contributed by atoms with Crippen LogP contribution in [0.2, 0.25) is 0 Å². The minimum Gasteiger partial charge on any atom is -0.368 e. The second-order valence-corrected chi connectivity index (χ2v) is 7.30. The van der Waals surface area contributed by atoms with E-state index in [0.717, 1.165) is 31.9 Å². The first-order valence-electron chi connectivity index (χ1n) is 8.59. The highest BCUT2D eigenvalue weighted by Gasteiger charge is 2.22. The van der Waals surface area contributed by atoms with E-state index in [1.165, 1.54) is 21.7 Å². The van der Waals surface area contributed by atoms with Gasteiger partial charge in [0, 0.05) is 42.4 Å². The third kappa shape index (κ3) is 4.28. The Morgan fingerprint density at radius 1 is 1.00 bits per heavy atom. The molecule has 25 heavy (non-hydrogen) atoms. The molecule has 1 N–H and O–H groups in total. The van der Waals surface area contributed by atoms with Crippen LogP contribution in [0.15, 0.2) is 47.4 Å². The number of nitrogens with one attached hydrogen (secondary N) is 1. The van der Waals surface area contributed by atoms with Gasteiger partial charge in [0.1, 0.15) is 0 Å². The molecule has 2 amide bonds. The summed E-state index contributed by atoms with van der Waals surface area (Å²) in [6.07, 6.45) is 2.04. The molecule has 1 aliphatic rings. The number of aryl methyl sites for hydroxylation is 2. The van der Waals surface area contributed by atoms with E-state index in [4.69, 9.17) is 0 Å². The van der Waals surface area contributed by atoms with Crippen LogP contribution in [-0.4, -0.2) is 43.4 Å². The van der Waals surface area contributed by atoms with Crippen molar-refractivity contribution in [3.05, 3.63) is 53.6 Å². The van der Waals surface area contributed by atoms with Gasteiger partial charge in [-0.05, 0) is 61.6 Å². The molecule has 2 aromatic carbocycles. The van der Waals surface area contributed by atoms with E-state index in [-0.39, 0.29) is 6.03 Å². The number of rotatable bonds is 3. The van der Waals surface area contributed by atoms with Crippen molar-refractivity contribution < 1.29 is 4.79 Å². The Hall–Kier alpha value is -2.14. The number of benzene rings is 2. The first kappa shape index (κ1) is 17.7. The Balaban J connectivity index is 1.57. The Kier molecular flexibility index (Phi) is 5.53. The van der Waals surface area contributed by atoms with E-state index in [0.29, 0.717) is 0 Å². The number of nitrogens with zero attached hydrogens (tertiary/aromatic N) is 2. The predicted molar refractivity (Wildman–Crippen MR) is 107 cm³/mol. The summed E-state index contributed by atoms with van der Waals surface area (Å²) >= 11 is 1.70. The molecule has 0 aromatic heterocycles. The molecule has 3 rings (SSSR count). The van der Waals surface area contributed by atoms with Crippen molar-refractivity contribution in [3.8, 4) is 0 Å². The van der Waals surface area contributed by atoms with Crippen LogP contribution in [0, 0.1) is 13.8 Å². The molecule has 1 heterocycles. The zero-order chi connectivity index (χ0) is 17.8. The fourth-order valence-corrected chi connectivity index (χ4v) is 3.50. The number of hydrogen-bond acceptors (Lipinski definition) is 3. The Labute approximate surface area is 154 Å². The summed E-state index contributed by atoms with van der Waals surface area (Å²) < 4.78 is 0. The fourth-order valence-electron chi connectivity index (χ4n) is 3.09. The first-order chi connectivity index (χ1) is 12.1. The number of thioether (sulfide) groups is 1. The zero-order valence-corrected chi connectivity index (χ0v) is 15.9. The van der Waals surface area contributed by atoms with Crippen molar-refractivity contribution in [1.29, 1.82) is 0 Å². The summed E-state index contributed by atoms with van der Waals surface area (Å²) in [4.78, 5) is 17.9. The van der Waals surface area contributed by atoms with Crippen LogP contribution in [-0.2, 0) is 0 Å². The van der Waals surface area contributed by atoms with Crippen molar-refractivity contribution >= 4 is 29.2 Å². The van der Waals surface area contributed by atoms with E-state index in [1.54, 1.807) is 11.8 Å². The zero-order valence-electron chi connectivity index (χ0n) is 15.1. The highest BCUT2D eigenvalue weighted by atomic mass is 32.2. The largest absolute Gasteiger partial charge is 0.368 e. The number of anilines is 2. The van der Waals surface area contributed by atoms with Crippen LogP contribution in [0.3, 0.4) is 0 Å². The van der Waals surface area contributed by atoms with Crippen molar-refractivity contribution in [1.82, 2.24) is 4.90 Å². The number of carbonyl (C=O) groups is 1. The van der Waals surface area contributed by atoms with Crippen LogP contribution >= 0.6 is 11.8 Å². The minimum absolute atomic E-state index is 0.0162. The van der Waals surface area contributed by atoms with Gasteiger partial charge in [0.2, 0.25) is 0 Å². The summed E-state index contributed by atoms with van der Waals surface area (Å²) in [5.41, 5.74) is 4.69. The minimum atomic E-state index is -0.0162. The topological polar surface area (TPSA) is 35.6 Å². The average molecular weight is 356 g/mol. The molecule has 1 saturated heterocycles. The Morgan fingerprint density at radius 2 is 1.68 bits per heavy atom. The van der Waals surface area contributed by atoms with E-state index in [9.17, 15) is 4.79 Å². The molecule has 0 bridgehead atoms. The van der Waals surface area contributed by atoms with E-state index in [1.807, 2.05) is 35.4 Å². The van der Waals surface area contributed by atoms with Gasteiger partial charge in [0.05, 0.1) is 0 Å². The number of amides is 2. The predicted octanol–water partition coefficient (Wildman–Crippen LogP) is 4.38. The fraction of sp³-hybridized carbons (Fsp3) is 0.350. The molecule has 2 aromatic rings. The molecule has 0 unspecified atom stereocenters. The molecule has 4 nitrogen and oxygen atoms in total. The molecule has 0 atom stereocenters. The number of urea groups is 1. The smallest absolute Gasteiger partial charge is 0.321 e. The van der Waals surface area contributed by atoms with Crippen LogP contribution in [0.5, 0.6) is 0 Å². The summed E-state index contributed by atoms with van der Waals surface area (Å²) in [5, 5.41) is 3.00. The highest BCUT2D eigenvalue weighted by Crippen LogP contribution is 2.23. The SMILES string of the molecule is CSc1ccc(NC(=O)N2CCN(c3cc(C)ccc3C)CC2)cc1. The lowest BCUT2D eigenvalue weighted by molar-refractivity contribution is 0.208. The third-order valence-electron chi connectivity index (χ3n) is 4.61. The van der Waals surface area contributed by atoms with Crippen LogP contribution in [0.4, 0.5) is 16.2 Å². The molecule has 1 aliphatic heterocycles. The lowest BCUT2D eigenvalue weighted by atomic mass is 10.1. The molecular weight excluding hydrogens is 330 g/mol. The van der Waals surface area contributed by atoms with Gasteiger partial charge in [-0.2, -0.15) is 0 Å². The van der Waals surface area contributed by atoms with Gasteiger partial charge in [0.25, 0.3) is 0 Å². The Morgan fingerprint density at radius 3 is 2.32 bits per heavy atom. The van der Waals surface area contributed by atoms with E-state index >= 15 is 0 Å². The van der Waals surface area contributed by atoms with Crippen molar-refractivity contribution in [2.45, 2.75) is 18.7 Å². The van der Waals surface area contributed by atoms with Gasteiger partial charge in [-0.3, -0.25) is 0 Å². The molecule has 0 saturated carbocycles. The number of piperazine rings is 1. The molecule has 1 fully saturated rings. The Bertz CT molecular complexity index is 737. The lowest BCUT2D eigenvalue weighted by Gasteiger charge is -2.36. The van der Waals surface area contributed by atoms with Crippen LogP contribution < -0.4 is 10.2 Å². The molecule has 5 heteroatoms. The van der Waals surface area contributed by atoms with Crippen molar-refractivity contribution in [2.24, 2.45) is 0 Å². The third-order valence-corrected chi connectivity index (χ3v) is 5.36. The van der Waals surface area contributed by atoms with Gasteiger partial charge in [-0.25, -0.2) is 4.79 Å². The van der Waals surface area contributed by atoms with Gasteiger partial charge in [-0.15, -0.1) is 11.8 Å². The van der Waals surface area contributed by atoms with Gasteiger partial charge in [-0.1, -0.05) is 12.1 Å². The maximum absolute atomic E-state index is 12.5. The summed E-state index contributed by atoms with van der Waals surface area (Å²) in [6.45, 7) is 7.47. The van der Waals surface area contributed by atoms with Gasteiger partial charge < -0.3 is 15.1 Å². The number of carbonyl (C=O) groups excluding carboxylic acids is 1. The normalized spacial score (nSPS) is 14.5. The van der Waals surface area contributed by atoms with Gasteiger partial charge in [0.15, 0.2) is 0 Å².